The van der Waals surface area contributed by atoms with Gasteiger partial charge >= 0.3 is 5.97 Å². The van der Waals surface area contributed by atoms with Crippen LogP contribution in [0.15, 0.2) is 5.38 Å². The highest BCUT2D eigenvalue weighted by atomic mass is 32.1. The Labute approximate surface area is 103 Å². The van der Waals surface area contributed by atoms with Crippen molar-refractivity contribution in [2.24, 2.45) is 5.73 Å². The first-order valence-electron chi connectivity index (χ1n) is 5.25. The van der Waals surface area contributed by atoms with Gasteiger partial charge in [-0.2, -0.15) is 0 Å². The summed E-state index contributed by atoms with van der Waals surface area (Å²) < 4.78 is 4.68. The fourth-order valence-corrected chi connectivity index (χ4v) is 1.90. The molecule has 0 aliphatic heterocycles. The first kappa shape index (κ1) is 13.6. The van der Waals surface area contributed by atoms with E-state index in [-0.39, 0.29) is 12.5 Å². The summed E-state index contributed by atoms with van der Waals surface area (Å²) in [6.07, 6.45) is 0.649. The van der Waals surface area contributed by atoms with Gasteiger partial charge in [0.05, 0.1) is 11.6 Å². The molecule has 1 amide bonds. The Hall–Kier alpha value is -1.47. The van der Waals surface area contributed by atoms with Crippen molar-refractivity contribution in [2.45, 2.75) is 13.3 Å². The van der Waals surface area contributed by atoms with Crippen LogP contribution in [0.2, 0.25) is 0 Å². The van der Waals surface area contributed by atoms with Crippen molar-refractivity contribution in [1.29, 1.82) is 0 Å². The minimum atomic E-state index is -0.460. The van der Waals surface area contributed by atoms with Crippen molar-refractivity contribution in [3.05, 3.63) is 16.1 Å². The molecule has 94 valence electrons. The largest absolute Gasteiger partial charge is 0.465 e. The summed E-state index contributed by atoms with van der Waals surface area (Å²) in [5.41, 5.74) is 5.69. The summed E-state index contributed by atoms with van der Waals surface area (Å²) in [6, 6.07) is 0. The van der Waals surface area contributed by atoms with E-state index in [0.717, 1.165) is 5.01 Å². The molecule has 0 aromatic carbocycles. The van der Waals surface area contributed by atoms with Gasteiger partial charge in [-0.25, -0.2) is 4.98 Å². The number of ether oxygens (including phenoxy) is 1. The molecule has 1 aromatic heterocycles. The Morgan fingerprint density at radius 1 is 1.59 bits per heavy atom. The zero-order valence-corrected chi connectivity index (χ0v) is 10.4. The minimum Gasteiger partial charge on any atom is -0.465 e. The predicted molar refractivity (Wildman–Crippen MR) is 63.8 cm³/mol. The lowest BCUT2D eigenvalue weighted by atomic mass is 10.4. The Balaban J connectivity index is 2.43. The lowest BCUT2D eigenvalue weighted by Crippen LogP contribution is -2.30. The molecule has 1 aromatic rings. The van der Waals surface area contributed by atoms with E-state index in [1.54, 1.807) is 12.3 Å². The van der Waals surface area contributed by atoms with Crippen LogP contribution < -0.4 is 11.1 Å². The quantitative estimate of drug-likeness (QED) is 0.696. The molecule has 6 nitrogen and oxygen atoms in total. The Kier molecular flexibility index (Phi) is 5.58. The number of carbonyl (C=O) groups excluding carboxylic acids is 2. The smallest absolute Gasteiger partial charge is 0.325 e. The lowest BCUT2D eigenvalue weighted by Gasteiger charge is -2.02. The van der Waals surface area contributed by atoms with E-state index < -0.39 is 5.97 Å². The molecule has 0 spiro atoms. The molecule has 17 heavy (non-hydrogen) atoms. The zero-order chi connectivity index (χ0) is 12.7. The second-order valence-corrected chi connectivity index (χ2v) is 4.10. The monoisotopic (exact) mass is 257 g/mol. The Bertz CT molecular complexity index is 392. The first-order chi connectivity index (χ1) is 8.17. The number of thiazole rings is 1. The number of carbonyl (C=O) groups is 2. The van der Waals surface area contributed by atoms with E-state index in [9.17, 15) is 9.59 Å². The number of nitrogens with two attached hydrogens (primary N) is 1. The molecule has 0 saturated heterocycles. The van der Waals surface area contributed by atoms with Crippen molar-refractivity contribution < 1.29 is 14.3 Å². The van der Waals surface area contributed by atoms with Crippen molar-refractivity contribution in [3.8, 4) is 0 Å². The maximum absolute atomic E-state index is 11.6. The van der Waals surface area contributed by atoms with Crippen molar-refractivity contribution in [3.63, 3.8) is 0 Å². The van der Waals surface area contributed by atoms with Crippen LogP contribution in [0.5, 0.6) is 0 Å². The summed E-state index contributed by atoms with van der Waals surface area (Å²) in [6.45, 7) is 2.36. The van der Waals surface area contributed by atoms with Crippen molar-refractivity contribution in [2.75, 3.05) is 19.7 Å². The van der Waals surface area contributed by atoms with Gasteiger partial charge in [-0.3, -0.25) is 9.59 Å². The van der Waals surface area contributed by atoms with Gasteiger partial charge in [-0.15, -0.1) is 11.3 Å². The summed E-state index contributed by atoms with van der Waals surface area (Å²) >= 11 is 1.38. The fraction of sp³-hybridized carbons (Fsp3) is 0.500. The lowest BCUT2D eigenvalue weighted by molar-refractivity contribution is -0.141. The van der Waals surface area contributed by atoms with E-state index in [4.69, 9.17) is 5.73 Å². The highest BCUT2D eigenvalue weighted by Crippen LogP contribution is 2.09. The molecule has 0 aliphatic rings. The summed E-state index contributed by atoms with van der Waals surface area (Å²) in [4.78, 5) is 26.7. The van der Waals surface area contributed by atoms with Crippen molar-refractivity contribution >= 4 is 23.2 Å². The molecule has 0 bridgehead atoms. The third-order valence-corrected chi connectivity index (χ3v) is 2.75. The number of rotatable bonds is 6. The minimum absolute atomic E-state index is 0.142. The van der Waals surface area contributed by atoms with Gasteiger partial charge in [-0.05, 0) is 13.5 Å². The number of hydrogen-bond acceptors (Lipinski definition) is 6. The van der Waals surface area contributed by atoms with E-state index >= 15 is 0 Å². The third-order valence-electron chi connectivity index (χ3n) is 1.84. The molecule has 0 radical (unpaired) electrons. The molecular formula is C10H15N3O3S. The molecule has 0 saturated carbocycles. The van der Waals surface area contributed by atoms with Gasteiger partial charge in [0.1, 0.15) is 12.2 Å². The highest BCUT2D eigenvalue weighted by Gasteiger charge is 2.11. The highest BCUT2D eigenvalue weighted by molar-refractivity contribution is 7.09. The SMILES string of the molecule is CCOC(=O)CNC(=O)c1csc(CCN)n1. The number of hydrogen-bond donors (Lipinski definition) is 2. The van der Waals surface area contributed by atoms with Gasteiger partial charge in [0.2, 0.25) is 0 Å². The van der Waals surface area contributed by atoms with Crippen LogP contribution in [0.25, 0.3) is 0 Å². The number of aromatic nitrogens is 1. The van der Waals surface area contributed by atoms with Gasteiger partial charge in [0, 0.05) is 11.8 Å². The molecule has 7 heteroatoms. The Morgan fingerprint density at radius 3 is 3.00 bits per heavy atom. The summed E-state index contributed by atoms with van der Waals surface area (Å²) in [5.74, 6) is -0.837. The van der Waals surface area contributed by atoms with Crippen LogP contribution in [-0.4, -0.2) is 36.6 Å². The molecule has 0 atom stereocenters. The molecular weight excluding hydrogens is 242 g/mol. The van der Waals surface area contributed by atoms with Crippen molar-refractivity contribution in [1.82, 2.24) is 10.3 Å². The van der Waals surface area contributed by atoms with E-state index in [2.05, 4.69) is 15.0 Å². The fourth-order valence-electron chi connectivity index (χ4n) is 1.11. The van der Waals surface area contributed by atoms with Gasteiger partial charge < -0.3 is 15.8 Å². The number of nitrogens with one attached hydrogen (secondary N) is 1. The molecule has 1 heterocycles. The standard InChI is InChI=1S/C10H15N3O3S/c1-2-16-9(14)5-12-10(15)7-6-17-8(13-7)3-4-11/h6H,2-5,11H2,1H3,(H,12,15). The molecule has 0 unspecified atom stereocenters. The van der Waals surface area contributed by atoms with E-state index in [0.29, 0.717) is 25.3 Å². The predicted octanol–water partition coefficient (Wildman–Crippen LogP) is -0.0628. The molecule has 0 fully saturated rings. The second-order valence-electron chi connectivity index (χ2n) is 3.15. The topological polar surface area (TPSA) is 94.3 Å². The molecule has 1 rings (SSSR count). The summed E-state index contributed by atoms with van der Waals surface area (Å²) in [5, 5.41) is 4.90. The third kappa shape index (κ3) is 4.49. The summed E-state index contributed by atoms with van der Waals surface area (Å²) in [7, 11) is 0. The zero-order valence-electron chi connectivity index (χ0n) is 9.56. The number of nitrogens with zero attached hydrogens (tertiary/aromatic N) is 1. The molecule has 3 N–H and O–H groups in total. The second kappa shape index (κ2) is 6.97. The van der Waals surface area contributed by atoms with Crippen LogP contribution in [0.3, 0.4) is 0 Å². The first-order valence-corrected chi connectivity index (χ1v) is 6.13. The van der Waals surface area contributed by atoms with Crippen LogP contribution in [0.4, 0.5) is 0 Å². The maximum Gasteiger partial charge on any atom is 0.325 e. The normalized spacial score (nSPS) is 10.0. The van der Waals surface area contributed by atoms with Gasteiger partial charge in [0.25, 0.3) is 5.91 Å². The van der Waals surface area contributed by atoms with Crippen LogP contribution >= 0.6 is 11.3 Å². The van der Waals surface area contributed by atoms with E-state index in [1.165, 1.54) is 11.3 Å². The average Bonchev–Trinajstić information content (AvgIpc) is 2.75. The Morgan fingerprint density at radius 2 is 2.35 bits per heavy atom. The van der Waals surface area contributed by atoms with Gasteiger partial charge in [0.15, 0.2) is 0 Å². The maximum atomic E-state index is 11.6. The number of amides is 1. The van der Waals surface area contributed by atoms with Crippen LogP contribution in [0.1, 0.15) is 22.4 Å². The molecule has 0 aliphatic carbocycles. The van der Waals surface area contributed by atoms with Crippen LogP contribution in [-0.2, 0) is 16.0 Å². The average molecular weight is 257 g/mol. The van der Waals surface area contributed by atoms with E-state index in [1.807, 2.05) is 0 Å². The van der Waals surface area contributed by atoms with Gasteiger partial charge in [-0.1, -0.05) is 0 Å². The van der Waals surface area contributed by atoms with Crippen LogP contribution in [0, 0.1) is 0 Å². The number of esters is 1.